The Bertz CT molecular complexity index is 571. The Kier molecular flexibility index (Phi) is 4.85. The third-order valence-corrected chi connectivity index (χ3v) is 4.40. The highest BCUT2D eigenvalue weighted by Gasteiger charge is 2.36. The summed E-state index contributed by atoms with van der Waals surface area (Å²) in [5.41, 5.74) is 0.675. The molecule has 21 heavy (non-hydrogen) atoms. The van der Waals surface area contributed by atoms with Crippen LogP contribution in [0, 0.1) is 0 Å². The minimum Gasteiger partial charge on any atom is -0.497 e. The highest BCUT2D eigenvalue weighted by molar-refractivity contribution is 8.15. The van der Waals surface area contributed by atoms with E-state index in [-0.39, 0.29) is 18.2 Å². The van der Waals surface area contributed by atoms with E-state index in [9.17, 15) is 9.59 Å². The second-order valence-corrected chi connectivity index (χ2v) is 5.66. The van der Waals surface area contributed by atoms with E-state index in [0.717, 1.165) is 5.75 Å². The Hall–Kier alpha value is -2.02. The van der Waals surface area contributed by atoms with Gasteiger partial charge in [0.15, 0.2) is 5.17 Å². The highest BCUT2D eigenvalue weighted by atomic mass is 32.2. The van der Waals surface area contributed by atoms with E-state index in [1.807, 2.05) is 0 Å². The van der Waals surface area contributed by atoms with E-state index in [2.05, 4.69) is 10.3 Å². The molecule has 1 aromatic carbocycles. The Morgan fingerprint density at radius 3 is 2.62 bits per heavy atom. The molecule has 1 heterocycles. The summed E-state index contributed by atoms with van der Waals surface area (Å²) in [6.07, 6.45) is 0.124. The molecule has 7 heteroatoms. The average Bonchev–Trinajstić information content (AvgIpc) is 2.76. The monoisotopic (exact) mass is 307 g/mol. The molecule has 0 aliphatic carbocycles. The van der Waals surface area contributed by atoms with Crippen molar-refractivity contribution in [1.29, 1.82) is 0 Å². The third-order valence-electron chi connectivity index (χ3n) is 3.08. The standard InChI is InChI=1S/C14H17N3O3S/c1-15-14-17(2)13(19)11(21-14)8-12(18)16-9-4-6-10(20-3)7-5-9/h4-7,11H,8H2,1-3H3,(H,16,18)/t11-/m0/s1. The van der Waals surface area contributed by atoms with Gasteiger partial charge in [-0.2, -0.15) is 0 Å². The number of hydrogen-bond acceptors (Lipinski definition) is 5. The predicted octanol–water partition coefficient (Wildman–Crippen LogP) is 1.58. The number of rotatable bonds is 4. The summed E-state index contributed by atoms with van der Waals surface area (Å²) in [4.78, 5) is 29.5. The zero-order chi connectivity index (χ0) is 15.4. The number of thioether (sulfide) groups is 1. The molecule has 1 aliphatic heterocycles. The number of ether oxygens (including phenoxy) is 1. The molecule has 0 bridgehead atoms. The lowest BCUT2D eigenvalue weighted by molar-refractivity contribution is -0.127. The zero-order valence-electron chi connectivity index (χ0n) is 12.1. The van der Waals surface area contributed by atoms with Crippen molar-refractivity contribution in [2.24, 2.45) is 4.99 Å². The van der Waals surface area contributed by atoms with Gasteiger partial charge in [0.25, 0.3) is 0 Å². The van der Waals surface area contributed by atoms with Crippen LogP contribution in [0.3, 0.4) is 0 Å². The third kappa shape index (κ3) is 3.55. The molecule has 0 unspecified atom stereocenters. The average molecular weight is 307 g/mol. The molecular formula is C14H17N3O3S. The van der Waals surface area contributed by atoms with Crippen molar-refractivity contribution in [3.63, 3.8) is 0 Å². The van der Waals surface area contributed by atoms with Crippen molar-refractivity contribution in [3.05, 3.63) is 24.3 Å². The SMILES string of the molecule is CN=C1S[C@@H](CC(=O)Nc2ccc(OC)cc2)C(=O)N1C. The number of aliphatic imine (C=N–C) groups is 1. The van der Waals surface area contributed by atoms with Crippen LogP contribution in [0.25, 0.3) is 0 Å². The van der Waals surface area contributed by atoms with Crippen LogP contribution in [0.15, 0.2) is 29.3 Å². The molecule has 1 atom stereocenters. The number of carbonyl (C=O) groups is 2. The number of nitrogens with one attached hydrogen (secondary N) is 1. The van der Waals surface area contributed by atoms with E-state index in [1.54, 1.807) is 45.5 Å². The maximum absolute atomic E-state index is 12.0. The van der Waals surface area contributed by atoms with E-state index >= 15 is 0 Å². The van der Waals surface area contributed by atoms with E-state index in [1.165, 1.54) is 16.7 Å². The van der Waals surface area contributed by atoms with Crippen molar-refractivity contribution in [2.45, 2.75) is 11.7 Å². The van der Waals surface area contributed by atoms with Gasteiger partial charge in [-0.15, -0.1) is 0 Å². The molecule has 0 spiro atoms. The Labute approximate surface area is 127 Å². The molecule has 1 fully saturated rings. The maximum Gasteiger partial charge on any atom is 0.242 e. The van der Waals surface area contributed by atoms with Gasteiger partial charge >= 0.3 is 0 Å². The first kappa shape index (κ1) is 15.4. The minimum absolute atomic E-state index is 0.0921. The van der Waals surface area contributed by atoms with Gasteiger partial charge in [0.1, 0.15) is 11.0 Å². The number of benzene rings is 1. The largest absolute Gasteiger partial charge is 0.497 e. The van der Waals surface area contributed by atoms with Crippen LogP contribution in [0.5, 0.6) is 5.75 Å². The van der Waals surface area contributed by atoms with Crippen LogP contribution in [0.4, 0.5) is 5.69 Å². The van der Waals surface area contributed by atoms with Gasteiger partial charge in [-0.05, 0) is 24.3 Å². The molecule has 1 N–H and O–H groups in total. The fourth-order valence-electron chi connectivity index (χ4n) is 1.95. The van der Waals surface area contributed by atoms with Gasteiger partial charge in [0.2, 0.25) is 11.8 Å². The van der Waals surface area contributed by atoms with Crippen molar-refractivity contribution >= 4 is 34.4 Å². The number of amidine groups is 1. The van der Waals surface area contributed by atoms with E-state index in [0.29, 0.717) is 10.9 Å². The lowest BCUT2D eigenvalue weighted by Crippen LogP contribution is -2.30. The van der Waals surface area contributed by atoms with Crippen molar-refractivity contribution in [1.82, 2.24) is 4.90 Å². The second kappa shape index (κ2) is 6.62. The Balaban J connectivity index is 1.94. The van der Waals surface area contributed by atoms with Crippen molar-refractivity contribution in [3.8, 4) is 5.75 Å². The van der Waals surface area contributed by atoms with Gasteiger partial charge in [-0.3, -0.25) is 19.5 Å². The fraction of sp³-hybridized carbons (Fsp3) is 0.357. The number of carbonyl (C=O) groups excluding carboxylic acids is 2. The smallest absolute Gasteiger partial charge is 0.242 e. The molecule has 0 saturated carbocycles. The molecule has 112 valence electrons. The van der Waals surface area contributed by atoms with Crippen LogP contribution in [-0.4, -0.2) is 48.3 Å². The van der Waals surface area contributed by atoms with Crippen LogP contribution in [0.2, 0.25) is 0 Å². The Morgan fingerprint density at radius 1 is 1.43 bits per heavy atom. The summed E-state index contributed by atoms with van der Waals surface area (Å²) >= 11 is 1.32. The number of amides is 2. The second-order valence-electron chi connectivity index (χ2n) is 4.49. The zero-order valence-corrected chi connectivity index (χ0v) is 12.9. The molecule has 2 amide bonds. The fourth-order valence-corrected chi connectivity index (χ4v) is 3.06. The molecule has 1 aliphatic rings. The summed E-state index contributed by atoms with van der Waals surface area (Å²) in [5.74, 6) is 0.433. The van der Waals surface area contributed by atoms with Crippen LogP contribution >= 0.6 is 11.8 Å². The molecule has 0 radical (unpaired) electrons. The van der Waals surface area contributed by atoms with Gasteiger partial charge in [-0.1, -0.05) is 11.8 Å². The minimum atomic E-state index is -0.410. The van der Waals surface area contributed by atoms with Crippen LogP contribution < -0.4 is 10.1 Å². The molecule has 0 aromatic heterocycles. The molecular weight excluding hydrogens is 290 g/mol. The summed E-state index contributed by atoms with van der Waals surface area (Å²) in [6, 6.07) is 7.04. The van der Waals surface area contributed by atoms with Gasteiger partial charge < -0.3 is 10.1 Å². The quantitative estimate of drug-likeness (QED) is 0.917. The van der Waals surface area contributed by atoms with Crippen LogP contribution in [0.1, 0.15) is 6.42 Å². The van der Waals surface area contributed by atoms with Crippen molar-refractivity contribution < 1.29 is 14.3 Å². The number of hydrogen-bond donors (Lipinski definition) is 1. The first-order valence-corrected chi connectivity index (χ1v) is 7.28. The lowest BCUT2D eigenvalue weighted by atomic mass is 10.2. The van der Waals surface area contributed by atoms with E-state index in [4.69, 9.17) is 4.74 Å². The molecule has 1 saturated heterocycles. The summed E-state index contributed by atoms with van der Waals surface area (Å²) in [5, 5.41) is 3.00. The molecule has 1 aromatic rings. The topological polar surface area (TPSA) is 71.0 Å². The summed E-state index contributed by atoms with van der Waals surface area (Å²) in [7, 11) is 4.88. The van der Waals surface area contributed by atoms with Gasteiger partial charge in [0, 0.05) is 26.2 Å². The Morgan fingerprint density at radius 2 is 2.10 bits per heavy atom. The van der Waals surface area contributed by atoms with Crippen LogP contribution in [-0.2, 0) is 9.59 Å². The lowest BCUT2D eigenvalue weighted by Gasteiger charge is -2.09. The highest BCUT2D eigenvalue weighted by Crippen LogP contribution is 2.28. The van der Waals surface area contributed by atoms with E-state index < -0.39 is 5.25 Å². The maximum atomic E-state index is 12.0. The normalized spacial score (nSPS) is 20.0. The number of nitrogens with zero attached hydrogens (tertiary/aromatic N) is 2. The van der Waals surface area contributed by atoms with Crippen molar-refractivity contribution in [2.75, 3.05) is 26.5 Å². The van der Waals surface area contributed by atoms with Gasteiger partial charge in [-0.25, -0.2) is 0 Å². The summed E-state index contributed by atoms with van der Waals surface area (Å²) in [6.45, 7) is 0. The predicted molar refractivity (Wildman–Crippen MR) is 83.7 cm³/mol. The number of anilines is 1. The van der Waals surface area contributed by atoms with Gasteiger partial charge in [0.05, 0.1) is 7.11 Å². The first-order valence-electron chi connectivity index (χ1n) is 6.40. The summed E-state index contributed by atoms with van der Waals surface area (Å²) < 4.78 is 5.05. The first-order chi connectivity index (χ1) is 10.0. The molecule has 6 nitrogen and oxygen atoms in total. The molecule has 2 rings (SSSR count). The number of methoxy groups -OCH3 is 1.